The Labute approximate surface area is 119 Å². The summed E-state index contributed by atoms with van der Waals surface area (Å²) in [4.78, 5) is 13.5. The zero-order valence-electron chi connectivity index (χ0n) is 12.1. The maximum Gasteiger partial charge on any atom is 0.222 e. The maximum absolute atomic E-state index is 12.7. The van der Waals surface area contributed by atoms with E-state index in [4.69, 9.17) is 10.5 Å². The van der Waals surface area contributed by atoms with Crippen molar-refractivity contribution in [2.75, 3.05) is 26.7 Å². The van der Waals surface area contributed by atoms with Crippen molar-refractivity contribution >= 4 is 5.91 Å². The molecule has 1 amide bonds. The molecule has 1 atom stereocenters. The minimum atomic E-state index is -0.293. The summed E-state index contributed by atoms with van der Waals surface area (Å²) in [6.07, 6.45) is 1.31. The maximum atomic E-state index is 12.7. The molecule has 0 aliphatic carbocycles. The lowest BCUT2D eigenvalue weighted by atomic mass is 10.1. The second kappa shape index (κ2) is 8.53. The smallest absolute Gasteiger partial charge is 0.222 e. The zero-order valence-corrected chi connectivity index (χ0v) is 12.1. The molecule has 1 aromatic carbocycles. The molecule has 0 bridgehead atoms. The zero-order chi connectivity index (χ0) is 15.0. The number of amides is 1. The predicted octanol–water partition coefficient (Wildman–Crippen LogP) is 2.04. The first kappa shape index (κ1) is 16.4. The molecule has 0 aromatic heterocycles. The number of rotatable bonds is 8. The van der Waals surface area contributed by atoms with E-state index in [1.807, 2.05) is 6.92 Å². The van der Waals surface area contributed by atoms with E-state index in [1.165, 1.54) is 12.1 Å². The molecule has 0 radical (unpaired) electrons. The normalized spacial score (nSPS) is 12.0. The first-order valence-corrected chi connectivity index (χ1v) is 6.85. The minimum Gasteiger partial charge on any atom is -0.492 e. The fourth-order valence-electron chi connectivity index (χ4n) is 1.63. The predicted molar refractivity (Wildman–Crippen MR) is 77.0 cm³/mol. The summed E-state index contributed by atoms with van der Waals surface area (Å²) in [5.41, 5.74) is 5.52. The Hall–Kier alpha value is -1.62. The van der Waals surface area contributed by atoms with Crippen LogP contribution in [-0.2, 0) is 4.79 Å². The summed E-state index contributed by atoms with van der Waals surface area (Å²) in [7, 11) is 1.75. The van der Waals surface area contributed by atoms with E-state index in [0.717, 1.165) is 6.42 Å². The van der Waals surface area contributed by atoms with Gasteiger partial charge in [-0.05, 0) is 43.1 Å². The first-order valence-electron chi connectivity index (χ1n) is 6.85. The fourth-order valence-corrected chi connectivity index (χ4v) is 1.63. The Morgan fingerprint density at radius 3 is 2.65 bits per heavy atom. The third-order valence-electron chi connectivity index (χ3n) is 3.19. The molecule has 0 heterocycles. The van der Waals surface area contributed by atoms with Crippen LogP contribution in [0.5, 0.6) is 5.75 Å². The standard InChI is InChI=1S/C15H23FN2O2/c1-12(11-17)3-8-15(19)18(2)9-10-20-14-6-4-13(16)5-7-14/h4-7,12H,3,8-11,17H2,1-2H3. The number of benzene rings is 1. The van der Waals surface area contributed by atoms with Crippen LogP contribution in [0.15, 0.2) is 24.3 Å². The highest BCUT2D eigenvalue weighted by molar-refractivity contribution is 5.75. The molecule has 0 fully saturated rings. The van der Waals surface area contributed by atoms with E-state index in [9.17, 15) is 9.18 Å². The second-order valence-corrected chi connectivity index (χ2v) is 5.00. The molecule has 1 unspecified atom stereocenters. The van der Waals surface area contributed by atoms with Gasteiger partial charge in [-0.15, -0.1) is 0 Å². The second-order valence-electron chi connectivity index (χ2n) is 5.00. The van der Waals surface area contributed by atoms with Gasteiger partial charge in [0, 0.05) is 13.5 Å². The fraction of sp³-hybridized carbons (Fsp3) is 0.533. The lowest BCUT2D eigenvalue weighted by molar-refractivity contribution is -0.130. The van der Waals surface area contributed by atoms with Crippen LogP contribution in [0.2, 0.25) is 0 Å². The van der Waals surface area contributed by atoms with E-state index in [1.54, 1.807) is 24.1 Å². The number of halogens is 1. The number of likely N-dealkylation sites (N-methyl/N-ethyl adjacent to an activating group) is 1. The van der Waals surface area contributed by atoms with Crippen molar-refractivity contribution < 1.29 is 13.9 Å². The van der Waals surface area contributed by atoms with Crippen molar-refractivity contribution in [2.45, 2.75) is 19.8 Å². The van der Waals surface area contributed by atoms with Crippen molar-refractivity contribution in [1.82, 2.24) is 4.90 Å². The van der Waals surface area contributed by atoms with Crippen LogP contribution >= 0.6 is 0 Å². The number of nitrogens with zero attached hydrogens (tertiary/aromatic N) is 1. The van der Waals surface area contributed by atoms with Crippen LogP contribution in [-0.4, -0.2) is 37.6 Å². The van der Waals surface area contributed by atoms with Crippen molar-refractivity contribution in [3.05, 3.63) is 30.1 Å². The molecule has 4 nitrogen and oxygen atoms in total. The molecule has 1 aromatic rings. The summed E-state index contributed by atoms with van der Waals surface area (Å²) >= 11 is 0. The SMILES string of the molecule is CC(CN)CCC(=O)N(C)CCOc1ccc(F)cc1. The van der Waals surface area contributed by atoms with Crippen LogP contribution in [0.4, 0.5) is 4.39 Å². The number of carbonyl (C=O) groups excluding carboxylic acids is 1. The molecule has 112 valence electrons. The van der Waals surface area contributed by atoms with Gasteiger partial charge in [0.1, 0.15) is 18.2 Å². The van der Waals surface area contributed by atoms with E-state index in [2.05, 4.69) is 0 Å². The highest BCUT2D eigenvalue weighted by Gasteiger charge is 2.10. The average Bonchev–Trinajstić information content (AvgIpc) is 2.46. The van der Waals surface area contributed by atoms with Gasteiger partial charge in [-0.2, -0.15) is 0 Å². The average molecular weight is 282 g/mol. The molecule has 0 spiro atoms. The topological polar surface area (TPSA) is 55.6 Å². The molecule has 20 heavy (non-hydrogen) atoms. The van der Waals surface area contributed by atoms with Crippen LogP contribution in [0.1, 0.15) is 19.8 Å². The van der Waals surface area contributed by atoms with Crippen molar-refractivity contribution in [2.24, 2.45) is 11.7 Å². The number of carbonyl (C=O) groups is 1. The van der Waals surface area contributed by atoms with Gasteiger partial charge < -0.3 is 15.4 Å². The van der Waals surface area contributed by atoms with E-state index in [-0.39, 0.29) is 11.7 Å². The van der Waals surface area contributed by atoms with Crippen LogP contribution in [0, 0.1) is 11.7 Å². The Kier molecular flexibility index (Phi) is 7.01. The molecule has 0 aliphatic heterocycles. The third-order valence-corrected chi connectivity index (χ3v) is 3.19. The van der Waals surface area contributed by atoms with Gasteiger partial charge >= 0.3 is 0 Å². The highest BCUT2D eigenvalue weighted by atomic mass is 19.1. The lowest BCUT2D eigenvalue weighted by Gasteiger charge is -2.18. The van der Waals surface area contributed by atoms with Gasteiger partial charge in [0.15, 0.2) is 0 Å². The van der Waals surface area contributed by atoms with Gasteiger partial charge in [0.2, 0.25) is 5.91 Å². The van der Waals surface area contributed by atoms with Crippen LogP contribution in [0.3, 0.4) is 0 Å². The van der Waals surface area contributed by atoms with E-state index < -0.39 is 0 Å². The summed E-state index contributed by atoms with van der Waals surface area (Å²) in [6, 6.07) is 5.83. The summed E-state index contributed by atoms with van der Waals surface area (Å²) in [5.74, 6) is 0.762. The first-order chi connectivity index (χ1) is 9.52. The largest absolute Gasteiger partial charge is 0.492 e. The molecular formula is C15H23FN2O2. The van der Waals surface area contributed by atoms with Crippen molar-refractivity contribution in [3.8, 4) is 5.75 Å². The molecule has 1 rings (SSSR count). The molecule has 0 aliphatic rings. The summed E-state index contributed by atoms with van der Waals surface area (Å²) < 4.78 is 18.2. The number of nitrogens with two attached hydrogens (primary N) is 1. The quantitative estimate of drug-likeness (QED) is 0.794. The van der Waals surface area contributed by atoms with Gasteiger partial charge in [-0.25, -0.2) is 4.39 Å². The highest BCUT2D eigenvalue weighted by Crippen LogP contribution is 2.11. The van der Waals surface area contributed by atoms with Crippen LogP contribution < -0.4 is 10.5 Å². The number of ether oxygens (including phenoxy) is 1. The third kappa shape index (κ3) is 6.02. The molecule has 0 saturated carbocycles. The van der Waals surface area contributed by atoms with E-state index >= 15 is 0 Å². The van der Waals surface area contributed by atoms with Crippen molar-refractivity contribution in [3.63, 3.8) is 0 Å². The number of hydrogen-bond acceptors (Lipinski definition) is 3. The van der Waals surface area contributed by atoms with Gasteiger partial charge in [-0.3, -0.25) is 4.79 Å². The van der Waals surface area contributed by atoms with Gasteiger partial charge in [0.05, 0.1) is 6.54 Å². The van der Waals surface area contributed by atoms with Crippen LogP contribution in [0.25, 0.3) is 0 Å². The lowest BCUT2D eigenvalue weighted by Crippen LogP contribution is -2.31. The minimum absolute atomic E-state index is 0.0907. The number of hydrogen-bond donors (Lipinski definition) is 1. The Bertz CT molecular complexity index is 409. The molecule has 5 heteroatoms. The van der Waals surface area contributed by atoms with Gasteiger partial charge in [0.25, 0.3) is 0 Å². The molecular weight excluding hydrogens is 259 g/mol. The van der Waals surface area contributed by atoms with E-state index in [0.29, 0.717) is 37.8 Å². The summed E-state index contributed by atoms with van der Waals surface area (Å²) in [6.45, 7) is 3.53. The molecule has 0 saturated heterocycles. The Balaban J connectivity index is 2.23. The van der Waals surface area contributed by atoms with Crippen molar-refractivity contribution in [1.29, 1.82) is 0 Å². The Morgan fingerprint density at radius 2 is 2.05 bits per heavy atom. The Morgan fingerprint density at radius 1 is 1.40 bits per heavy atom. The van der Waals surface area contributed by atoms with Gasteiger partial charge in [-0.1, -0.05) is 6.92 Å². The summed E-state index contributed by atoms with van der Waals surface area (Å²) in [5, 5.41) is 0. The molecule has 2 N–H and O–H groups in total. The monoisotopic (exact) mass is 282 g/mol.